The lowest BCUT2D eigenvalue weighted by Gasteiger charge is -2.25. The van der Waals surface area contributed by atoms with Crippen LogP contribution in [0.2, 0.25) is 0 Å². The number of aromatic nitrogens is 1. The lowest BCUT2D eigenvalue weighted by molar-refractivity contribution is 0.601. The van der Waals surface area contributed by atoms with Crippen LogP contribution in [0.1, 0.15) is 13.3 Å². The Hall–Kier alpha value is -1.30. The molecule has 0 amide bonds. The number of rotatable bonds is 4. The van der Waals surface area contributed by atoms with Crippen molar-refractivity contribution in [2.75, 3.05) is 35.3 Å². The Morgan fingerprint density at radius 3 is 2.89 bits per heavy atom. The summed E-state index contributed by atoms with van der Waals surface area (Å²) in [5.41, 5.74) is 1.92. The first-order valence-electron chi connectivity index (χ1n) is 6.14. The SMILES string of the molecule is CCNc1cncc(N(C)C2CCS(=O)(=O)C2)c1. The molecule has 100 valence electrons. The Labute approximate surface area is 108 Å². The highest BCUT2D eigenvalue weighted by molar-refractivity contribution is 7.91. The largest absolute Gasteiger partial charge is 0.384 e. The van der Waals surface area contributed by atoms with Crippen molar-refractivity contribution in [2.24, 2.45) is 0 Å². The van der Waals surface area contributed by atoms with Crippen LogP contribution < -0.4 is 10.2 Å². The standard InChI is InChI=1S/C12H19N3O2S/c1-3-14-10-6-12(8-13-7-10)15(2)11-4-5-18(16,17)9-11/h6-8,11,14H,3-5,9H2,1-2H3. The minimum absolute atomic E-state index is 0.0636. The van der Waals surface area contributed by atoms with Gasteiger partial charge in [0.1, 0.15) is 0 Å². The maximum absolute atomic E-state index is 11.5. The molecule has 0 radical (unpaired) electrons. The van der Waals surface area contributed by atoms with E-state index >= 15 is 0 Å². The van der Waals surface area contributed by atoms with Gasteiger partial charge in [-0.15, -0.1) is 0 Å². The normalized spacial score (nSPS) is 21.8. The average molecular weight is 269 g/mol. The molecule has 1 aromatic heterocycles. The highest BCUT2D eigenvalue weighted by Crippen LogP contribution is 2.24. The number of hydrogen-bond acceptors (Lipinski definition) is 5. The Balaban J connectivity index is 2.13. The smallest absolute Gasteiger partial charge is 0.152 e. The molecule has 1 atom stereocenters. The zero-order valence-corrected chi connectivity index (χ0v) is 11.6. The van der Waals surface area contributed by atoms with E-state index in [1.165, 1.54) is 0 Å². The predicted octanol–water partition coefficient (Wildman–Crippen LogP) is 1.14. The molecule has 0 saturated carbocycles. The van der Waals surface area contributed by atoms with Crippen molar-refractivity contribution in [1.29, 1.82) is 0 Å². The third kappa shape index (κ3) is 2.93. The maximum atomic E-state index is 11.5. The van der Waals surface area contributed by atoms with Crippen molar-refractivity contribution in [1.82, 2.24) is 4.98 Å². The lowest BCUT2D eigenvalue weighted by Crippen LogP contribution is -2.32. The first-order valence-corrected chi connectivity index (χ1v) is 7.96. The van der Waals surface area contributed by atoms with Crippen LogP contribution in [-0.4, -0.2) is 44.5 Å². The molecule has 1 N–H and O–H groups in total. The van der Waals surface area contributed by atoms with Crippen molar-refractivity contribution in [2.45, 2.75) is 19.4 Å². The molecular formula is C12H19N3O2S. The summed E-state index contributed by atoms with van der Waals surface area (Å²) in [5, 5.41) is 3.20. The molecule has 1 aliphatic heterocycles. The Morgan fingerprint density at radius 2 is 2.28 bits per heavy atom. The van der Waals surface area contributed by atoms with Gasteiger partial charge in [0.15, 0.2) is 9.84 Å². The summed E-state index contributed by atoms with van der Waals surface area (Å²) in [6, 6.07) is 2.07. The van der Waals surface area contributed by atoms with Gasteiger partial charge in [0.05, 0.1) is 35.3 Å². The average Bonchev–Trinajstić information content (AvgIpc) is 2.70. The number of nitrogens with one attached hydrogen (secondary N) is 1. The van der Waals surface area contributed by atoms with E-state index in [0.29, 0.717) is 12.2 Å². The number of anilines is 2. The monoisotopic (exact) mass is 269 g/mol. The first kappa shape index (κ1) is 13.1. The summed E-state index contributed by atoms with van der Waals surface area (Å²) < 4.78 is 23.0. The van der Waals surface area contributed by atoms with Crippen molar-refractivity contribution in [3.8, 4) is 0 Å². The van der Waals surface area contributed by atoms with Crippen molar-refractivity contribution in [3.05, 3.63) is 18.5 Å². The van der Waals surface area contributed by atoms with Gasteiger partial charge in [-0.3, -0.25) is 4.98 Å². The van der Waals surface area contributed by atoms with Crippen LogP contribution in [0.4, 0.5) is 11.4 Å². The molecule has 6 heteroatoms. The second-order valence-corrected chi connectivity index (χ2v) is 6.86. The van der Waals surface area contributed by atoms with Gasteiger partial charge in [-0.1, -0.05) is 0 Å². The zero-order valence-electron chi connectivity index (χ0n) is 10.8. The summed E-state index contributed by atoms with van der Waals surface area (Å²) in [4.78, 5) is 6.19. The maximum Gasteiger partial charge on any atom is 0.152 e. The van der Waals surface area contributed by atoms with Crippen LogP contribution in [0, 0.1) is 0 Å². The molecule has 1 saturated heterocycles. The number of nitrogens with zero attached hydrogens (tertiary/aromatic N) is 2. The quantitative estimate of drug-likeness (QED) is 0.888. The summed E-state index contributed by atoms with van der Waals surface area (Å²) in [7, 11) is -0.918. The van der Waals surface area contributed by atoms with E-state index in [1.54, 1.807) is 12.4 Å². The van der Waals surface area contributed by atoms with E-state index in [0.717, 1.165) is 17.9 Å². The van der Waals surface area contributed by atoms with Crippen LogP contribution in [0.3, 0.4) is 0 Å². The minimum atomic E-state index is -2.85. The molecule has 0 bridgehead atoms. The molecule has 0 aliphatic carbocycles. The summed E-state index contributed by atoms with van der Waals surface area (Å²) in [5.74, 6) is 0.539. The summed E-state index contributed by atoms with van der Waals surface area (Å²) in [6.07, 6.45) is 4.24. The van der Waals surface area contributed by atoms with Crippen LogP contribution in [0.15, 0.2) is 18.5 Å². The number of pyridine rings is 1. The Bertz CT molecular complexity index is 516. The highest BCUT2D eigenvalue weighted by Gasteiger charge is 2.30. The highest BCUT2D eigenvalue weighted by atomic mass is 32.2. The van der Waals surface area contributed by atoms with Gasteiger partial charge in [0.2, 0.25) is 0 Å². The van der Waals surface area contributed by atoms with Crippen molar-refractivity contribution >= 4 is 21.2 Å². The van der Waals surface area contributed by atoms with Crippen LogP contribution in [-0.2, 0) is 9.84 Å². The molecule has 2 rings (SSSR count). The van der Waals surface area contributed by atoms with E-state index < -0.39 is 9.84 Å². The van der Waals surface area contributed by atoms with Gasteiger partial charge in [-0.2, -0.15) is 0 Å². The van der Waals surface area contributed by atoms with E-state index in [4.69, 9.17) is 0 Å². The molecule has 1 aliphatic rings. The summed E-state index contributed by atoms with van der Waals surface area (Å²) >= 11 is 0. The van der Waals surface area contributed by atoms with Gasteiger partial charge >= 0.3 is 0 Å². The van der Waals surface area contributed by atoms with Crippen LogP contribution in [0.25, 0.3) is 0 Å². The minimum Gasteiger partial charge on any atom is -0.384 e. The summed E-state index contributed by atoms with van der Waals surface area (Å²) in [6.45, 7) is 2.87. The molecule has 0 spiro atoms. The van der Waals surface area contributed by atoms with E-state index in [2.05, 4.69) is 10.3 Å². The van der Waals surface area contributed by atoms with Crippen LogP contribution >= 0.6 is 0 Å². The molecule has 5 nitrogen and oxygen atoms in total. The zero-order chi connectivity index (χ0) is 13.2. The molecule has 1 aromatic rings. The molecule has 18 heavy (non-hydrogen) atoms. The Morgan fingerprint density at radius 1 is 1.50 bits per heavy atom. The van der Waals surface area contributed by atoms with Gasteiger partial charge in [0.25, 0.3) is 0 Å². The number of hydrogen-bond donors (Lipinski definition) is 1. The van der Waals surface area contributed by atoms with Gasteiger partial charge < -0.3 is 10.2 Å². The fraction of sp³-hybridized carbons (Fsp3) is 0.583. The molecular weight excluding hydrogens is 250 g/mol. The van der Waals surface area contributed by atoms with Crippen LogP contribution in [0.5, 0.6) is 0 Å². The third-order valence-electron chi connectivity index (χ3n) is 3.27. The van der Waals surface area contributed by atoms with Gasteiger partial charge in [-0.05, 0) is 19.4 Å². The first-order chi connectivity index (χ1) is 8.52. The third-order valence-corrected chi connectivity index (χ3v) is 5.02. The second kappa shape index (κ2) is 5.14. The molecule has 1 fully saturated rings. The molecule has 0 aromatic carbocycles. The van der Waals surface area contributed by atoms with E-state index in [1.807, 2.05) is 24.9 Å². The fourth-order valence-electron chi connectivity index (χ4n) is 2.21. The van der Waals surface area contributed by atoms with Gasteiger partial charge in [-0.25, -0.2) is 8.42 Å². The topological polar surface area (TPSA) is 62.3 Å². The van der Waals surface area contributed by atoms with E-state index in [-0.39, 0.29) is 11.8 Å². The molecule has 2 heterocycles. The fourth-order valence-corrected chi connectivity index (χ4v) is 3.99. The Kier molecular flexibility index (Phi) is 3.75. The van der Waals surface area contributed by atoms with Crippen molar-refractivity contribution < 1.29 is 8.42 Å². The predicted molar refractivity (Wildman–Crippen MR) is 73.9 cm³/mol. The number of sulfone groups is 1. The second-order valence-electron chi connectivity index (χ2n) is 4.63. The van der Waals surface area contributed by atoms with Crippen molar-refractivity contribution in [3.63, 3.8) is 0 Å². The van der Waals surface area contributed by atoms with E-state index in [9.17, 15) is 8.42 Å². The lowest BCUT2D eigenvalue weighted by atomic mass is 10.2. The molecule has 1 unspecified atom stereocenters. The van der Waals surface area contributed by atoms with Gasteiger partial charge in [0, 0.05) is 19.6 Å².